The van der Waals surface area contributed by atoms with Crippen LogP contribution in [0, 0.1) is 0 Å². The molecule has 0 bridgehead atoms. The van der Waals surface area contributed by atoms with E-state index < -0.39 is 6.71 Å². The maximum Gasteiger partial charge on any atom is 0.252 e. The van der Waals surface area contributed by atoms with Crippen LogP contribution in [0.25, 0.3) is 162 Å². The molecule has 2 aliphatic heterocycles. The highest BCUT2D eigenvalue weighted by atomic mass is 32.1. The monoisotopic (exact) mass is 1480 g/mol. The summed E-state index contributed by atoms with van der Waals surface area (Å²) in [4.78, 5) is 4.88. The number of thiophene rings is 2. The first kappa shape index (κ1) is 57.5. The Kier molecular flexibility index (Phi) is 13.0. The fraction of sp³-hybridized carbons (Fsp3) is 0.0377. The number of hydrogen-bond donors (Lipinski definition) is 0. The van der Waals surface area contributed by atoms with Crippen LogP contribution >= 0.6 is 22.7 Å². The van der Waals surface area contributed by atoms with E-state index in [0.717, 1.165) is 171 Å². The first-order valence-corrected chi connectivity index (χ1v) is 40.1. The molecule has 0 spiro atoms. The fourth-order valence-electron chi connectivity index (χ4n) is 18.6. The standard InChI is InChI=1S/C106H71BN4S2/c1-106(2,3)72-54-58-74(59-55-72)108-91-61-53-70(101-79(81-38-24-48-99-103(81)83-34-14-20-46-97(83)112-99)36-22-44-92(101)110-87-40-16-10-30-75(87)76-31-11-17-41-88(76)110)62-86(91)107-85-60-52-69(67-28-8-5-9-29-67)63-94(85)109(73-56-50-68(51-57-73)66-26-6-4-7-27-66)96-65-71(64-95(108)105(96)107)102-80(82-39-25-49-100-104(82)84-35-15-21-47-98(84)113-100)37-23-45-93(102)111-89-42-18-12-32-77(89)78-33-13-19-43-90(78)111/h4-65H,1-3H3/i5D,8D,9D,15D,21D,28D,35D,47D. The molecule has 0 saturated carbocycles. The van der Waals surface area contributed by atoms with Gasteiger partial charge in [0.05, 0.1) is 44.4 Å². The van der Waals surface area contributed by atoms with Crippen molar-refractivity contribution in [2.75, 3.05) is 9.80 Å². The van der Waals surface area contributed by atoms with Gasteiger partial charge < -0.3 is 18.9 Å². The normalized spacial score (nSPS) is 13.7. The Hall–Kier alpha value is -13.6. The highest BCUT2D eigenvalue weighted by Gasteiger charge is 2.45. The summed E-state index contributed by atoms with van der Waals surface area (Å²) in [7, 11) is 0. The zero-order valence-electron chi connectivity index (χ0n) is 69.9. The van der Waals surface area contributed by atoms with Gasteiger partial charge in [-0.25, -0.2) is 0 Å². The van der Waals surface area contributed by atoms with Crippen LogP contribution in [0.15, 0.2) is 376 Å². The SMILES string of the molecule is [2H]c1cc(-c2ccc3c(c2)N(c2ccc(-c4ccccc4)cc2)c2cc(-c4c(-c5cccc6sc7c([2H])c([2H])c([2H])c([2H])c7c56)cccc4-n4c5ccccc5c5ccccc54)cc4c2B3c2cc(-c3c(-c5cccc6sc7ccccc7c56)cccc3-n3c5ccccc5c5ccccc53)ccc2N4c2ccc(C(C)(C)C)cc2)c([2H])c([2H])c1[2H]. The molecule has 2 aliphatic rings. The number of rotatable bonds is 10. The van der Waals surface area contributed by atoms with Gasteiger partial charge in [0.15, 0.2) is 0 Å². The average Bonchev–Trinajstić information content (AvgIpc) is 1.46. The first-order chi connectivity index (χ1) is 59.0. The number of aromatic nitrogens is 2. The molecule has 0 aliphatic carbocycles. The summed E-state index contributed by atoms with van der Waals surface area (Å²) in [6.07, 6.45) is 0. The van der Waals surface area contributed by atoms with Crippen molar-refractivity contribution in [2.45, 2.75) is 26.2 Å². The molecule has 7 heteroatoms. The second-order valence-corrected chi connectivity index (χ2v) is 32.9. The smallest absolute Gasteiger partial charge is 0.252 e. The fourth-order valence-corrected chi connectivity index (χ4v) is 20.8. The lowest BCUT2D eigenvalue weighted by molar-refractivity contribution is 0.590. The van der Waals surface area contributed by atoms with E-state index in [-0.39, 0.29) is 53.8 Å². The van der Waals surface area contributed by atoms with Gasteiger partial charge in [0.1, 0.15) is 0 Å². The highest BCUT2D eigenvalue weighted by molar-refractivity contribution is 7.26. The predicted molar refractivity (Wildman–Crippen MR) is 486 cm³/mol. The molecule has 6 heterocycles. The van der Waals surface area contributed by atoms with Gasteiger partial charge in [0, 0.05) is 107 Å². The molecule has 23 rings (SSSR count). The highest BCUT2D eigenvalue weighted by Crippen LogP contribution is 2.54. The Morgan fingerprint density at radius 3 is 1.37 bits per heavy atom. The van der Waals surface area contributed by atoms with E-state index in [9.17, 15) is 8.22 Å². The second-order valence-electron chi connectivity index (χ2n) is 30.8. The molecule has 0 saturated heterocycles. The molecule has 21 aromatic rings. The summed E-state index contributed by atoms with van der Waals surface area (Å²) in [5.41, 5.74) is 26.3. The van der Waals surface area contributed by atoms with Gasteiger partial charge in [0.25, 0.3) is 6.71 Å². The van der Waals surface area contributed by atoms with Crippen LogP contribution in [-0.2, 0) is 5.41 Å². The van der Waals surface area contributed by atoms with Gasteiger partial charge >= 0.3 is 0 Å². The Bertz CT molecular complexity index is 7910. The third-order valence-electron chi connectivity index (χ3n) is 23.6. The van der Waals surface area contributed by atoms with Gasteiger partial charge in [-0.05, 0) is 192 Å². The summed E-state index contributed by atoms with van der Waals surface area (Å²) in [6.45, 7) is 6.26. The molecule has 0 unspecified atom stereocenters. The molecule has 0 fully saturated rings. The Labute approximate surface area is 675 Å². The Morgan fingerprint density at radius 1 is 0.283 bits per heavy atom. The predicted octanol–water partition coefficient (Wildman–Crippen LogP) is 28.0. The van der Waals surface area contributed by atoms with Gasteiger partial charge in [-0.2, -0.15) is 0 Å². The van der Waals surface area contributed by atoms with Crippen LogP contribution in [0.2, 0.25) is 0 Å². The second kappa shape index (κ2) is 25.5. The summed E-state index contributed by atoms with van der Waals surface area (Å²) < 4.78 is 83.0. The maximum absolute atomic E-state index is 9.79. The van der Waals surface area contributed by atoms with Crippen molar-refractivity contribution in [1.29, 1.82) is 0 Å². The van der Waals surface area contributed by atoms with Crippen molar-refractivity contribution in [3.8, 4) is 78.1 Å². The van der Waals surface area contributed by atoms with Crippen LogP contribution in [0.4, 0.5) is 34.1 Å². The minimum atomic E-state index is -0.519. The molecule has 4 nitrogen and oxygen atoms in total. The van der Waals surface area contributed by atoms with E-state index in [0.29, 0.717) is 21.2 Å². The zero-order valence-corrected chi connectivity index (χ0v) is 63.5. The number of anilines is 6. The number of para-hydroxylation sites is 4. The molecule has 0 N–H and O–H groups in total. The number of benzene rings is 17. The van der Waals surface area contributed by atoms with Crippen LogP contribution in [0.3, 0.4) is 0 Å². The summed E-state index contributed by atoms with van der Waals surface area (Å²) in [5, 5.41) is 8.10. The van der Waals surface area contributed by atoms with E-state index in [2.05, 4.69) is 343 Å². The van der Waals surface area contributed by atoms with Crippen LogP contribution < -0.4 is 26.2 Å². The van der Waals surface area contributed by atoms with Gasteiger partial charge in [-0.15, -0.1) is 22.7 Å². The molecule has 4 aromatic heterocycles. The molecule has 0 atom stereocenters. The molecule has 0 amide bonds. The minimum absolute atomic E-state index is 0.0702. The zero-order chi connectivity index (χ0) is 81.7. The van der Waals surface area contributed by atoms with Crippen molar-refractivity contribution < 1.29 is 11.0 Å². The number of hydrogen-bond acceptors (Lipinski definition) is 4. The van der Waals surface area contributed by atoms with Crippen molar-refractivity contribution in [3.63, 3.8) is 0 Å². The van der Waals surface area contributed by atoms with Crippen LogP contribution in [0.1, 0.15) is 37.3 Å². The Balaban J connectivity index is 0.879. The van der Waals surface area contributed by atoms with E-state index in [1.54, 1.807) is 6.07 Å². The number of fused-ring (bicyclic) bond motifs is 16. The quantitative estimate of drug-likeness (QED) is 0.127. The van der Waals surface area contributed by atoms with E-state index in [1.165, 1.54) is 37.1 Å². The maximum atomic E-state index is 9.79. The molecular weight excluding hydrogens is 1400 g/mol. The van der Waals surface area contributed by atoms with Gasteiger partial charge in [0.2, 0.25) is 0 Å². The largest absolute Gasteiger partial charge is 0.311 e. The van der Waals surface area contributed by atoms with Crippen molar-refractivity contribution >= 4 is 164 Å². The van der Waals surface area contributed by atoms with Crippen molar-refractivity contribution in [1.82, 2.24) is 9.13 Å². The summed E-state index contributed by atoms with van der Waals surface area (Å²) in [6, 6.07) is 116. The molecule has 113 heavy (non-hydrogen) atoms. The van der Waals surface area contributed by atoms with E-state index >= 15 is 0 Å². The lowest BCUT2D eigenvalue weighted by Gasteiger charge is -2.45. The lowest BCUT2D eigenvalue weighted by atomic mass is 9.33. The van der Waals surface area contributed by atoms with Crippen molar-refractivity contribution in [3.05, 3.63) is 381 Å². The molecule has 0 radical (unpaired) electrons. The van der Waals surface area contributed by atoms with Gasteiger partial charge in [-0.3, -0.25) is 0 Å². The average molecular weight is 1480 g/mol. The van der Waals surface area contributed by atoms with E-state index in [4.69, 9.17) is 2.74 Å². The minimum Gasteiger partial charge on any atom is -0.311 e. The molecule has 530 valence electrons. The third kappa shape index (κ3) is 10.1. The topological polar surface area (TPSA) is 16.3 Å². The van der Waals surface area contributed by atoms with E-state index in [1.807, 2.05) is 29.5 Å². The first-order valence-electron chi connectivity index (χ1n) is 42.5. The van der Waals surface area contributed by atoms with Gasteiger partial charge in [-0.1, -0.05) is 288 Å². The molecular formula is C106H71BN4S2. The van der Waals surface area contributed by atoms with Crippen molar-refractivity contribution in [2.24, 2.45) is 0 Å². The number of nitrogens with zero attached hydrogens (tertiary/aromatic N) is 4. The molecule has 17 aromatic carbocycles. The van der Waals surface area contributed by atoms with Crippen LogP contribution in [0.5, 0.6) is 0 Å². The Morgan fingerprint density at radius 2 is 0.752 bits per heavy atom. The lowest BCUT2D eigenvalue weighted by Crippen LogP contribution is -2.61. The summed E-state index contributed by atoms with van der Waals surface area (Å²) >= 11 is 3.21. The third-order valence-corrected chi connectivity index (χ3v) is 25.8. The van der Waals surface area contributed by atoms with Crippen LogP contribution in [-0.4, -0.2) is 15.8 Å². The summed E-state index contributed by atoms with van der Waals surface area (Å²) in [5.74, 6) is 0.